The van der Waals surface area contributed by atoms with Gasteiger partial charge in [0.15, 0.2) is 11.5 Å². The van der Waals surface area contributed by atoms with Crippen LogP contribution in [0.5, 0.6) is 17.2 Å². The standard InChI is InChI=1S/C22H28N2O4S/c1-26-18-5-4-17(20(27-2)21(18)28-3)22(25)23-10-6-16(7-11-23)24-12-8-19-15(14-24)9-13-29-19/h4-5,9,13,16H,6-8,10-12,14H2,1-3H3. The monoisotopic (exact) mass is 416 g/mol. The molecule has 0 N–H and O–H groups in total. The van der Waals surface area contributed by atoms with Gasteiger partial charge in [-0.3, -0.25) is 9.69 Å². The first-order chi connectivity index (χ1) is 14.2. The van der Waals surface area contributed by atoms with Crippen molar-refractivity contribution in [3.05, 3.63) is 39.6 Å². The molecule has 1 aromatic carbocycles. The van der Waals surface area contributed by atoms with Crippen LogP contribution < -0.4 is 14.2 Å². The molecule has 3 heterocycles. The van der Waals surface area contributed by atoms with Crippen LogP contribution in [0.4, 0.5) is 0 Å². The highest BCUT2D eigenvalue weighted by Gasteiger charge is 2.31. The molecule has 0 radical (unpaired) electrons. The topological polar surface area (TPSA) is 51.2 Å². The van der Waals surface area contributed by atoms with Gasteiger partial charge in [-0.2, -0.15) is 0 Å². The lowest BCUT2D eigenvalue weighted by Crippen LogP contribution is -2.48. The van der Waals surface area contributed by atoms with Gasteiger partial charge in [0.2, 0.25) is 5.75 Å². The van der Waals surface area contributed by atoms with E-state index in [0.717, 1.165) is 45.4 Å². The molecule has 29 heavy (non-hydrogen) atoms. The predicted octanol–water partition coefficient (Wildman–Crippen LogP) is 3.44. The molecule has 0 atom stereocenters. The molecule has 1 amide bonds. The summed E-state index contributed by atoms with van der Waals surface area (Å²) in [5, 5.41) is 2.20. The molecule has 4 rings (SSSR count). The summed E-state index contributed by atoms with van der Waals surface area (Å²) in [7, 11) is 4.68. The number of methoxy groups -OCH3 is 3. The van der Waals surface area contributed by atoms with Gasteiger partial charge in [-0.1, -0.05) is 0 Å². The number of carbonyl (C=O) groups excluding carboxylic acids is 1. The van der Waals surface area contributed by atoms with Crippen molar-refractivity contribution in [2.24, 2.45) is 0 Å². The second kappa shape index (κ2) is 8.63. The van der Waals surface area contributed by atoms with E-state index < -0.39 is 0 Å². The van der Waals surface area contributed by atoms with Crippen LogP contribution in [-0.2, 0) is 13.0 Å². The average molecular weight is 417 g/mol. The number of fused-ring (bicyclic) bond motifs is 1. The van der Waals surface area contributed by atoms with Gasteiger partial charge in [-0.15, -0.1) is 11.3 Å². The molecule has 1 aromatic heterocycles. The van der Waals surface area contributed by atoms with Crippen molar-refractivity contribution >= 4 is 17.2 Å². The zero-order valence-electron chi connectivity index (χ0n) is 17.3. The molecule has 0 unspecified atom stereocenters. The third-order valence-electron chi connectivity index (χ3n) is 6.04. The zero-order chi connectivity index (χ0) is 20.4. The lowest BCUT2D eigenvalue weighted by atomic mass is 9.99. The van der Waals surface area contributed by atoms with E-state index in [0.29, 0.717) is 28.9 Å². The zero-order valence-corrected chi connectivity index (χ0v) is 18.1. The maximum Gasteiger partial charge on any atom is 0.257 e. The Morgan fingerprint density at radius 3 is 2.45 bits per heavy atom. The Hall–Kier alpha value is -2.25. The number of piperidine rings is 1. The summed E-state index contributed by atoms with van der Waals surface area (Å²) in [6, 6.07) is 6.32. The number of carbonyl (C=O) groups is 1. The Morgan fingerprint density at radius 1 is 1.00 bits per heavy atom. The van der Waals surface area contributed by atoms with Crippen LogP contribution in [-0.4, -0.2) is 62.7 Å². The SMILES string of the molecule is COc1ccc(C(=O)N2CCC(N3CCc4sccc4C3)CC2)c(OC)c1OC. The van der Waals surface area contributed by atoms with E-state index in [-0.39, 0.29) is 5.91 Å². The molecule has 0 spiro atoms. The molecule has 7 heteroatoms. The fourth-order valence-electron chi connectivity index (χ4n) is 4.46. The minimum Gasteiger partial charge on any atom is -0.493 e. The van der Waals surface area contributed by atoms with Crippen molar-refractivity contribution < 1.29 is 19.0 Å². The van der Waals surface area contributed by atoms with E-state index >= 15 is 0 Å². The molecule has 0 aliphatic carbocycles. The van der Waals surface area contributed by atoms with E-state index in [1.807, 2.05) is 16.2 Å². The summed E-state index contributed by atoms with van der Waals surface area (Å²) in [5.41, 5.74) is 2.00. The minimum absolute atomic E-state index is 0.0139. The Morgan fingerprint density at radius 2 is 1.76 bits per heavy atom. The molecule has 156 valence electrons. The largest absolute Gasteiger partial charge is 0.493 e. The number of benzene rings is 1. The number of hydrogen-bond acceptors (Lipinski definition) is 6. The highest BCUT2D eigenvalue weighted by Crippen LogP contribution is 2.40. The first-order valence-electron chi connectivity index (χ1n) is 10.0. The predicted molar refractivity (Wildman–Crippen MR) is 113 cm³/mol. The van der Waals surface area contributed by atoms with Crippen molar-refractivity contribution in [2.45, 2.75) is 31.8 Å². The quantitative estimate of drug-likeness (QED) is 0.747. The first kappa shape index (κ1) is 20.0. The smallest absolute Gasteiger partial charge is 0.257 e. The van der Waals surface area contributed by atoms with E-state index in [4.69, 9.17) is 14.2 Å². The van der Waals surface area contributed by atoms with Gasteiger partial charge in [0.05, 0.1) is 26.9 Å². The highest BCUT2D eigenvalue weighted by molar-refractivity contribution is 7.10. The molecule has 0 saturated carbocycles. The van der Waals surface area contributed by atoms with Crippen molar-refractivity contribution in [3.8, 4) is 17.2 Å². The van der Waals surface area contributed by atoms with Crippen LogP contribution in [0.3, 0.4) is 0 Å². The maximum atomic E-state index is 13.2. The van der Waals surface area contributed by atoms with Crippen LogP contribution in [0.15, 0.2) is 23.6 Å². The van der Waals surface area contributed by atoms with Gasteiger partial charge < -0.3 is 19.1 Å². The number of likely N-dealkylation sites (tertiary alicyclic amines) is 1. The highest BCUT2D eigenvalue weighted by atomic mass is 32.1. The van der Waals surface area contributed by atoms with E-state index in [2.05, 4.69) is 16.3 Å². The van der Waals surface area contributed by atoms with E-state index in [1.54, 1.807) is 33.5 Å². The van der Waals surface area contributed by atoms with Crippen LogP contribution >= 0.6 is 11.3 Å². The van der Waals surface area contributed by atoms with Crippen LogP contribution in [0.1, 0.15) is 33.6 Å². The van der Waals surface area contributed by atoms with Crippen molar-refractivity contribution in [1.82, 2.24) is 9.80 Å². The summed E-state index contributed by atoms with van der Waals surface area (Å²) in [6.07, 6.45) is 3.15. The van der Waals surface area contributed by atoms with E-state index in [9.17, 15) is 4.79 Å². The van der Waals surface area contributed by atoms with Gasteiger partial charge in [0.1, 0.15) is 0 Å². The lowest BCUT2D eigenvalue weighted by molar-refractivity contribution is 0.0597. The number of hydrogen-bond donors (Lipinski definition) is 0. The van der Waals surface area contributed by atoms with Crippen molar-refractivity contribution in [2.75, 3.05) is 41.0 Å². The van der Waals surface area contributed by atoms with Gasteiger partial charge in [0, 0.05) is 37.1 Å². The second-order valence-corrected chi connectivity index (χ2v) is 8.50. The number of amides is 1. The molecule has 2 aliphatic rings. The molecule has 0 bridgehead atoms. The summed E-state index contributed by atoms with van der Waals surface area (Å²) >= 11 is 1.87. The van der Waals surface area contributed by atoms with Crippen LogP contribution in [0.2, 0.25) is 0 Å². The molecular weight excluding hydrogens is 388 g/mol. The fourth-order valence-corrected chi connectivity index (χ4v) is 5.35. The molecule has 2 aromatic rings. The van der Waals surface area contributed by atoms with E-state index in [1.165, 1.54) is 10.4 Å². The van der Waals surface area contributed by atoms with Crippen LogP contribution in [0.25, 0.3) is 0 Å². The Kier molecular flexibility index (Phi) is 5.96. The van der Waals surface area contributed by atoms with Gasteiger partial charge in [0.25, 0.3) is 5.91 Å². The summed E-state index contributed by atoms with van der Waals surface area (Å²) in [6.45, 7) is 3.68. The first-order valence-corrected chi connectivity index (χ1v) is 10.9. The van der Waals surface area contributed by atoms with Gasteiger partial charge in [-0.05, 0) is 48.4 Å². The van der Waals surface area contributed by atoms with Crippen molar-refractivity contribution in [1.29, 1.82) is 0 Å². The van der Waals surface area contributed by atoms with Crippen LogP contribution in [0, 0.1) is 0 Å². The Labute approximate surface area is 176 Å². The van der Waals surface area contributed by atoms with Gasteiger partial charge in [-0.25, -0.2) is 0 Å². The fraction of sp³-hybridized carbons (Fsp3) is 0.500. The Bertz CT molecular complexity index is 874. The molecule has 1 fully saturated rings. The van der Waals surface area contributed by atoms with Gasteiger partial charge >= 0.3 is 0 Å². The minimum atomic E-state index is -0.0139. The molecule has 1 saturated heterocycles. The molecule has 6 nitrogen and oxygen atoms in total. The summed E-state index contributed by atoms with van der Waals surface area (Å²) in [5.74, 6) is 1.42. The number of rotatable bonds is 5. The summed E-state index contributed by atoms with van der Waals surface area (Å²) in [4.78, 5) is 19.3. The average Bonchev–Trinajstić information content (AvgIpc) is 3.25. The van der Waals surface area contributed by atoms with Crippen molar-refractivity contribution in [3.63, 3.8) is 0 Å². The molecular formula is C22H28N2O4S. The number of nitrogens with zero attached hydrogens (tertiary/aromatic N) is 2. The third-order valence-corrected chi connectivity index (χ3v) is 7.06. The summed E-state index contributed by atoms with van der Waals surface area (Å²) < 4.78 is 16.3. The third kappa shape index (κ3) is 3.81. The Balaban J connectivity index is 1.43. The number of ether oxygens (including phenoxy) is 3. The number of thiophene rings is 1. The second-order valence-electron chi connectivity index (χ2n) is 7.49. The maximum absolute atomic E-state index is 13.2. The normalized spacial score (nSPS) is 17.7. The lowest BCUT2D eigenvalue weighted by Gasteiger charge is -2.40. The molecule has 2 aliphatic heterocycles.